The molecule has 1 atom stereocenters. The van der Waals surface area contributed by atoms with Crippen LogP contribution in [0.25, 0.3) is 21.7 Å². The van der Waals surface area contributed by atoms with Gasteiger partial charge in [-0.1, -0.05) is 36.8 Å². The molecule has 1 aromatic heterocycles. The maximum atomic E-state index is 12.8. The molecule has 2 N–H and O–H groups in total. The molecule has 32 heavy (non-hydrogen) atoms. The lowest BCUT2D eigenvalue weighted by molar-refractivity contribution is -0.121. The molecule has 2 aliphatic rings. The Hall–Kier alpha value is -2.37. The van der Waals surface area contributed by atoms with Gasteiger partial charge in [0.2, 0.25) is 5.91 Å². The molecule has 0 spiro atoms. The molecule has 1 unspecified atom stereocenters. The molecule has 170 valence electrons. The SMILES string of the molecule is O=C(Cc1cc2c(ccc3ccccc32)[nH]1)NC1CCCN(CCN2CCCCC2)CC1. The highest BCUT2D eigenvalue weighted by atomic mass is 16.1. The fourth-order valence-electron chi connectivity index (χ4n) is 5.48. The highest BCUT2D eigenvalue weighted by Crippen LogP contribution is 2.26. The van der Waals surface area contributed by atoms with E-state index in [4.69, 9.17) is 0 Å². The van der Waals surface area contributed by atoms with E-state index in [1.807, 2.05) is 0 Å². The van der Waals surface area contributed by atoms with Crippen molar-refractivity contribution in [1.29, 1.82) is 0 Å². The Morgan fingerprint density at radius 2 is 1.66 bits per heavy atom. The molecule has 2 aliphatic heterocycles. The lowest BCUT2D eigenvalue weighted by Crippen LogP contribution is -2.39. The third-order valence-electron chi connectivity index (χ3n) is 7.30. The van der Waals surface area contributed by atoms with Crippen LogP contribution in [-0.4, -0.2) is 66.0 Å². The second-order valence-corrected chi connectivity index (χ2v) is 9.66. The maximum Gasteiger partial charge on any atom is 0.226 e. The maximum absolute atomic E-state index is 12.8. The number of carbonyl (C=O) groups excluding carboxylic acids is 1. The third-order valence-corrected chi connectivity index (χ3v) is 7.30. The Morgan fingerprint density at radius 3 is 2.53 bits per heavy atom. The molecule has 0 radical (unpaired) electrons. The first-order valence-electron chi connectivity index (χ1n) is 12.5. The van der Waals surface area contributed by atoms with Crippen LogP contribution in [0.3, 0.4) is 0 Å². The zero-order valence-electron chi connectivity index (χ0n) is 19.1. The molecule has 2 aromatic carbocycles. The largest absolute Gasteiger partial charge is 0.358 e. The summed E-state index contributed by atoms with van der Waals surface area (Å²) in [5, 5.41) is 6.99. The number of hydrogen-bond acceptors (Lipinski definition) is 3. The van der Waals surface area contributed by atoms with Gasteiger partial charge in [0.05, 0.1) is 6.42 Å². The molecule has 5 rings (SSSR count). The number of nitrogens with zero attached hydrogens (tertiary/aromatic N) is 2. The number of benzene rings is 2. The highest BCUT2D eigenvalue weighted by molar-refractivity contribution is 6.06. The van der Waals surface area contributed by atoms with Crippen LogP contribution in [0.1, 0.15) is 44.2 Å². The summed E-state index contributed by atoms with van der Waals surface area (Å²) in [5.74, 6) is 0.132. The number of aromatic nitrogens is 1. The number of rotatable bonds is 6. The topological polar surface area (TPSA) is 51.4 Å². The van der Waals surface area contributed by atoms with Gasteiger partial charge in [0.1, 0.15) is 0 Å². The molecule has 0 aliphatic carbocycles. The van der Waals surface area contributed by atoms with Crippen molar-refractivity contribution < 1.29 is 4.79 Å². The van der Waals surface area contributed by atoms with Gasteiger partial charge in [0.15, 0.2) is 0 Å². The monoisotopic (exact) mass is 432 g/mol. The van der Waals surface area contributed by atoms with Crippen LogP contribution in [0.5, 0.6) is 0 Å². The summed E-state index contributed by atoms with van der Waals surface area (Å²) in [7, 11) is 0. The molecule has 3 aromatic rings. The van der Waals surface area contributed by atoms with Crippen molar-refractivity contribution in [1.82, 2.24) is 20.1 Å². The Balaban J connectivity index is 1.13. The number of aromatic amines is 1. The van der Waals surface area contributed by atoms with E-state index in [0.717, 1.165) is 37.1 Å². The van der Waals surface area contributed by atoms with Gasteiger partial charge in [-0.15, -0.1) is 0 Å². The van der Waals surface area contributed by atoms with Crippen molar-refractivity contribution in [2.75, 3.05) is 39.3 Å². The van der Waals surface area contributed by atoms with E-state index in [-0.39, 0.29) is 5.91 Å². The number of amides is 1. The fourth-order valence-corrected chi connectivity index (χ4v) is 5.48. The summed E-state index contributed by atoms with van der Waals surface area (Å²) in [5.41, 5.74) is 2.09. The van der Waals surface area contributed by atoms with Crippen molar-refractivity contribution in [2.45, 2.75) is 51.0 Å². The first-order valence-corrected chi connectivity index (χ1v) is 12.5. The quantitative estimate of drug-likeness (QED) is 0.610. The van der Waals surface area contributed by atoms with Crippen LogP contribution >= 0.6 is 0 Å². The molecular weight excluding hydrogens is 396 g/mol. The van der Waals surface area contributed by atoms with E-state index in [2.05, 4.69) is 62.6 Å². The minimum absolute atomic E-state index is 0.132. The molecule has 2 saturated heterocycles. The first kappa shape index (κ1) is 21.5. The van der Waals surface area contributed by atoms with Gasteiger partial charge in [-0.05, 0) is 74.6 Å². The van der Waals surface area contributed by atoms with E-state index >= 15 is 0 Å². The third kappa shape index (κ3) is 5.16. The summed E-state index contributed by atoms with van der Waals surface area (Å²) in [6, 6.07) is 15.1. The van der Waals surface area contributed by atoms with Gasteiger partial charge in [0.25, 0.3) is 0 Å². The Labute approximate surface area is 191 Å². The summed E-state index contributed by atoms with van der Waals surface area (Å²) in [4.78, 5) is 21.5. The van der Waals surface area contributed by atoms with Crippen molar-refractivity contribution >= 4 is 27.6 Å². The van der Waals surface area contributed by atoms with Crippen molar-refractivity contribution in [3.63, 3.8) is 0 Å². The molecule has 2 fully saturated rings. The van der Waals surface area contributed by atoms with Gasteiger partial charge in [-0.25, -0.2) is 0 Å². The van der Waals surface area contributed by atoms with Gasteiger partial charge in [-0.3, -0.25) is 4.79 Å². The van der Waals surface area contributed by atoms with Crippen molar-refractivity contribution in [3.8, 4) is 0 Å². The average molecular weight is 433 g/mol. The van der Waals surface area contributed by atoms with E-state index in [9.17, 15) is 4.79 Å². The predicted molar refractivity (Wildman–Crippen MR) is 132 cm³/mol. The minimum Gasteiger partial charge on any atom is -0.358 e. The lowest BCUT2D eigenvalue weighted by atomic mass is 10.1. The Kier molecular flexibility index (Phi) is 6.75. The minimum atomic E-state index is 0.132. The summed E-state index contributed by atoms with van der Waals surface area (Å²) in [6.45, 7) is 7.17. The van der Waals surface area contributed by atoms with Crippen LogP contribution in [0, 0.1) is 0 Å². The van der Waals surface area contributed by atoms with Crippen LogP contribution in [0.4, 0.5) is 0 Å². The number of likely N-dealkylation sites (tertiary alicyclic amines) is 2. The van der Waals surface area contributed by atoms with E-state index in [1.165, 1.54) is 68.0 Å². The molecule has 3 heterocycles. The summed E-state index contributed by atoms with van der Waals surface area (Å²) in [6.07, 6.45) is 7.85. The van der Waals surface area contributed by atoms with E-state index in [0.29, 0.717) is 12.5 Å². The smallest absolute Gasteiger partial charge is 0.226 e. The average Bonchev–Trinajstić information content (AvgIpc) is 3.10. The predicted octanol–water partition coefficient (Wildman–Crippen LogP) is 4.32. The zero-order valence-corrected chi connectivity index (χ0v) is 19.1. The Bertz CT molecular complexity index is 1050. The second kappa shape index (κ2) is 10.1. The van der Waals surface area contributed by atoms with Crippen LogP contribution in [0.2, 0.25) is 0 Å². The highest BCUT2D eigenvalue weighted by Gasteiger charge is 2.20. The van der Waals surface area contributed by atoms with Gasteiger partial charge in [0, 0.05) is 42.3 Å². The normalized spacial score (nSPS) is 21.1. The first-order chi connectivity index (χ1) is 15.7. The van der Waals surface area contributed by atoms with E-state index in [1.54, 1.807) is 0 Å². The zero-order chi connectivity index (χ0) is 21.8. The van der Waals surface area contributed by atoms with Gasteiger partial charge < -0.3 is 20.1 Å². The second-order valence-electron chi connectivity index (χ2n) is 9.66. The van der Waals surface area contributed by atoms with Gasteiger partial charge in [-0.2, -0.15) is 0 Å². The number of carbonyl (C=O) groups is 1. The molecule has 5 heteroatoms. The van der Waals surface area contributed by atoms with Crippen LogP contribution in [0.15, 0.2) is 42.5 Å². The molecular formula is C27H36N4O. The summed E-state index contributed by atoms with van der Waals surface area (Å²) >= 11 is 0. The lowest BCUT2D eigenvalue weighted by Gasteiger charge is -2.29. The number of hydrogen-bond donors (Lipinski definition) is 2. The number of fused-ring (bicyclic) bond motifs is 3. The van der Waals surface area contributed by atoms with Gasteiger partial charge >= 0.3 is 0 Å². The van der Waals surface area contributed by atoms with Crippen molar-refractivity contribution in [2.24, 2.45) is 0 Å². The number of nitrogens with one attached hydrogen (secondary N) is 2. The molecule has 0 saturated carbocycles. The standard InChI is InChI=1S/C27H36N4O/c32-27(20-23-19-25-24-9-3-2-7-21(24)10-11-26(25)28-23)29-22-8-6-15-31(16-12-22)18-17-30-13-4-1-5-14-30/h2-3,7,9-11,19,22,28H,1,4-6,8,12-18,20H2,(H,29,32). The van der Waals surface area contributed by atoms with E-state index < -0.39 is 0 Å². The van der Waals surface area contributed by atoms with Crippen molar-refractivity contribution in [3.05, 3.63) is 48.2 Å². The van der Waals surface area contributed by atoms with Crippen LogP contribution in [-0.2, 0) is 11.2 Å². The van der Waals surface area contributed by atoms with Crippen LogP contribution < -0.4 is 5.32 Å². The molecule has 0 bridgehead atoms. The number of H-pyrrole nitrogens is 1. The number of piperidine rings is 1. The fraction of sp³-hybridized carbons (Fsp3) is 0.519. The Morgan fingerprint density at radius 1 is 0.875 bits per heavy atom. The molecule has 1 amide bonds. The summed E-state index contributed by atoms with van der Waals surface area (Å²) < 4.78 is 0. The molecule has 5 nitrogen and oxygen atoms in total.